The smallest absolute Gasteiger partial charge is 0.259 e. The highest BCUT2D eigenvalue weighted by molar-refractivity contribution is 5.56. The van der Waals surface area contributed by atoms with E-state index in [2.05, 4.69) is 20.1 Å². The first-order chi connectivity index (χ1) is 8.83. The van der Waals surface area contributed by atoms with Crippen LogP contribution in [0.3, 0.4) is 0 Å². The van der Waals surface area contributed by atoms with Crippen LogP contribution in [-0.4, -0.2) is 20.1 Å². The SMILES string of the molecule is Cc1cncc(-c2nc(-c3ccccn3)no2)c1. The van der Waals surface area contributed by atoms with E-state index in [4.69, 9.17) is 4.52 Å². The van der Waals surface area contributed by atoms with Crippen LogP contribution in [0.2, 0.25) is 0 Å². The van der Waals surface area contributed by atoms with Gasteiger partial charge in [0, 0.05) is 18.6 Å². The molecule has 5 nitrogen and oxygen atoms in total. The van der Waals surface area contributed by atoms with Gasteiger partial charge >= 0.3 is 0 Å². The minimum atomic E-state index is 0.451. The van der Waals surface area contributed by atoms with E-state index < -0.39 is 0 Å². The molecule has 18 heavy (non-hydrogen) atoms. The maximum Gasteiger partial charge on any atom is 0.259 e. The summed E-state index contributed by atoms with van der Waals surface area (Å²) in [5.74, 6) is 0.930. The fourth-order valence-electron chi connectivity index (χ4n) is 1.61. The zero-order valence-electron chi connectivity index (χ0n) is 9.74. The third kappa shape index (κ3) is 1.98. The lowest BCUT2D eigenvalue weighted by Gasteiger charge is -1.94. The van der Waals surface area contributed by atoms with Gasteiger partial charge < -0.3 is 4.52 Å². The highest BCUT2D eigenvalue weighted by Gasteiger charge is 2.11. The van der Waals surface area contributed by atoms with Gasteiger partial charge in [-0.1, -0.05) is 11.2 Å². The second-order valence-electron chi connectivity index (χ2n) is 3.89. The van der Waals surface area contributed by atoms with Crippen molar-refractivity contribution in [2.75, 3.05) is 0 Å². The number of nitrogens with zero attached hydrogens (tertiary/aromatic N) is 4. The molecule has 88 valence electrons. The van der Waals surface area contributed by atoms with Gasteiger partial charge in [-0.05, 0) is 30.7 Å². The Morgan fingerprint density at radius 1 is 1.17 bits per heavy atom. The number of aromatic nitrogens is 4. The van der Waals surface area contributed by atoms with E-state index in [-0.39, 0.29) is 0 Å². The van der Waals surface area contributed by atoms with Crippen molar-refractivity contribution >= 4 is 0 Å². The average molecular weight is 238 g/mol. The van der Waals surface area contributed by atoms with Gasteiger partial charge in [-0.3, -0.25) is 9.97 Å². The van der Waals surface area contributed by atoms with Crippen LogP contribution < -0.4 is 0 Å². The molecule has 0 amide bonds. The van der Waals surface area contributed by atoms with Crippen molar-refractivity contribution in [2.24, 2.45) is 0 Å². The molecule has 0 aliphatic rings. The molecular formula is C13H10N4O. The maximum absolute atomic E-state index is 5.22. The van der Waals surface area contributed by atoms with Gasteiger partial charge in [0.25, 0.3) is 5.89 Å². The first kappa shape index (κ1) is 10.6. The second kappa shape index (κ2) is 4.37. The largest absolute Gasteiger partial charge is 0.333 e. The van der Waals surface area contributed by atoms with E-state index in [1.165, 1.54) is 0 Å². The molecule has 3 rings (SSSR count). The molecule has 0 radical (unpaired) electrons. The van der Waals surface area contributed by atoms with Crippen LogP contribution in [0, 0.1) is 6.92 Å². The summed E-state index contributed by atoms with van der Waals surface area (Å²) in [5, 5.41) is 3.92. The van der Waals surface area contributed by atoms with Gasteiger partial charge in [0.15, 0.2) is 0 Å². The molecule has 0 fully saturated rings. The summed E-state index contributed by atoms with van der Waals surface area (Å²) < 4.78 is 5.22. The Morgan fingerprint density at radius 3 is 2.89 bits per heavy atom. The summed E-state index contributed by atoms with van der Waals surface area (Å²) in [6.45, 7) is 1.96. The minimum absolute atomic E-state index is 0.451. The van der Waals surface area contributed by atoms with E-state index in [1.807, 2.05) is 31.2 Å². The Hall–Kier alpha value is -2.56. The van der Waals surface area contributed by atoms with Crippen molar-refractivity contribution in [1.82, 2.24) is 20.1 Å². The van der Waals surface area contributed by atoms with Crippen LogP contribution in [0.4, 0.5) is 0 Å². The zero-order chi connectivity index (χ0) is 12.4. The van der Waals surface area contributed by atoms with Gasteiger partial charge in [0.2, 0.25) is 5.82 Å². The van der Waals surface area contributed by atoms with Crippen LogP contribution in [0.15, 0.2) is 47.4 Å². The molecule has 0 spiro atoms. The van der Waals surface area contributed by atoms with Crippen molar-refractivity contribution in [2.45, 2.75) is 6.92 Å². The quantitative estimate of drug-likeness (QED) is 0.686. The molecule has 0 saturated heterocycles. The highest BCUT2D eigenvalue weighted by Crippen LogP contribution is 2.20. The number of rotatable bonds is 2. The molecule has 0 aliphatic carbocycles. The molecule has 5 heteroatoms. The van der Waals surface area contributed by atoms with E-state index in [9.17, 15) is 0 Å². The Bertz CT molecular complexity index is 664. The molecule has 0 atom stereocenters. The highest BCUT2D eigenvalue weighted by atomic mass is 16.5. The molecule has 3 aromatic rings. The zero-order valence-corrected chi connectivity index (χ0v) is 9.74. The van der Waals surface area contributed by atoms with Gasteiger partial charge in [0.1, 0.15) is 5.69 Å². The van der Waals surface area contributed by atoms with E-state index >= 15 is 0 Å². The lowest BCUT2D eigenvalue weighted by Crippen LogP contribution is -1.85. The van der Waals surface area contributed by atoms with E-state index in [0.29, 0.717) is 17.4 Å². The van der Waals surface area contributed by atoms with Gasteiger partial charge in [-0.2, -0.15) is 4.98 Å². The van der Waals surface area contributed by atoms with Crippen LogP contribution in [0.25, 0.3) is 23.0 Å². The Kier molecular flexibility index (Phi) is 2.57. The number of hydrogen-bond acceptors (Lipinski definition) is 5. The van der Waals surface area contributed by atoms with E-state index in [0.717, 1.165) is 11.1 Å². The fraction of sp³-hybridized carbons (Fsp3) is 0.0769. The van der Waals surface area contributed by atoms with Gasteiger partial charge in [-0.15, -0.1) is 0 Å². The fourth-order valence-corrected chi connectivity index (χ4v) is 1.61. The molecule has 3 heterocycles. The minimum Gasteiger partial charge on any atom is -0.333 e. The summed E-state index contributed by atoms with van der Waals surface area (Å²) in [5.41, 5.74) is 2.54. The van der Waals surface area contributed by atoms with Crippen LogP contribution in [-0.2, 0) is 0 Å². The van der Waals surface area contributed by atoms with Crippen molar-refractivity contribution in [3.8, 4) is 23.0 Å². The first-order valence-corrected chi connectivity index (χ1v) is 5.50. The Balaban J connectivity index is 2.00. The predicted octanol–water partition coefficient (Wildman–Crippen LogP) is 2.50. The molecule has 0 N–H and O–H groups in total. The average Bonchev–Trinajstić information content (AvgIpc) is 2.89. The van der Waals surface area contributed by atoms with Gasteiger partial charge in [0.05, 0.1) is 5.56 Å². The molecule has 0 bridgehead atoms. The monoisotopic (exact) mass is 238 g/mol. The number of pyridine rings is 2. The molecule has 0 saturated carbocycles. The lowest BCUT2D eigenvalue weighted by atomic mass is 10.2. The molecule has 0 aliphatic heterocycles. The predicted molar refractivity (Wildman–Crippen MR) is 65.5 cm³/mol. The lowest BCUT2D eigenvalue weighted by molar-refractivity contribution is 0.432. The van der Waals surface area contributed by atoms with Crippen molar-refractivity contribution in [3.63, 3.8) is 0 Å². The number of aryl methyl sites for hydroxylation is 1. The standard InChI is InChI=1S/C13H10N4O/c1-9-6-10(8-14-7-9)13-16-12(17-18-13)11-4-2-3-5-15-11/h2-8H,1H3. The third-order valence-corrected chi connectivity index (χ3v) is 2.44. The van der Waals surface area contributed by atoms with Crippen molar-refractivity contribution in [1.29, 1.82) is 0 Å². The van der Waals surface area contributed by atoms with Crippen molar-refractivity contribution in [3.05, 3.63) is 48.4 Å². The molecule has 3 aromatic heterocycles. The number of hydrogen-bond donors (Lipinski definition) is 0. The van der Waals surface area contributed by atoms with Gasteiger partial charge in [-0.25, -0.2) is 0 Å². The topological polar surface area (TPSA) is 64.7 Å². The molecule has 0 aromatic carbocycles. The van der Waals surface area contributed by atoms with E-state index in [1.54, 1.807) is 18.6 Å². The van der Waals surface area contributed by atoms with Crippen LogP contribution >= 0.6 is 0 Å². The molecule has 0 unspecified atom stereocenters. The summed E-state index contributed by atoms with van der Waals surface area (Å²) in [4.78, 5) is 12.6. The summed E-state index contributed by atoms with van der Waals surface area (Å²) in [6.07, 6.45) is 5.17. The van der Waals surface area contributed by atoms with Crippen LogP contribution in [0.5, 0.6) is 0 Å². The third-order valence-electron chi connectivity index (χ3n) is 2.44. The molecular weight excluding hydrogens is 228 g/mol. The second-order valence-corrected chi connectivity index (χ2v) is 3.89. The Labute approximate surface area is 104 Å². The normalized spacial score (nSPS) is 10.5. The Morgan fingerprint density at radius 2 is 2.11 bits per heavy atom. The summed E-state index contributed by atoms with van der Waals surface area (Å²) in [6, 6.07) is 7.51. The summed E-state index contributed by atoms with van der Waals surface area (Å²) in [7, 11) is 0. The summed E-state index contributed by atoms with van der Waals surface area (Å²) >= 11 is 0. The van der Waals surface area contributed by atoms with Crippen molar-refractivity contribution < 1.29 is 4.52 Å². The maximum atomic E-state index is 5.22. The van der Waals surface area contributed by atoms with Crippen LogP contribution in [0.1, 0.15) is 5.56 Å². The first-order valence-electron chi connectivity index (χ1n) is 5.50.